The van der Waals surface area contributed by atoms with Crippen molar-refractivity contribution in [2.75, 3.05) is 12.4 Å². The van der Waals surface area contributed by atoms with Gasteiger partial charge in [0.25, 0.3) is 11.6 Å². The minimum absolute atomic E-state index is 0.0154. The molecule has 2 aromatic rings. The smallest absolute Gasteiger partial charge is 0.337 e. The summed E-state index contributed by atoms with van der Waals surface area (Å²) in [7, 11) is 1.27. The molecule has 8 nitrogen and oxygen atoms in total. The molecule has 0 saturated heterocycles. The van der Waals surface area contributed by atoms with E-state index < -0.39 is 16.8 Å². The molecule has 0 atom stereocenters. The number of methoxy groups -OCH3 is 1. The average Bonchev–Trinajstić information content (AvgIpc) is 2.62. The van der Waals surface area contributed by atoms with Gasteiger partial charge in [0.1, 0.15) is 0 Å². The van der Waals surface area contributed by atoms with Gasteiger partial charge in [-0.05, 0) is 58.5 Å². The van der Waals surface area contributed by atoms with Crippen molar-refractivity contribution >= 4 is 56.5 Å². The molecule has 2 rings (SSSR count). The summed E-state index contributed by atoms with van der Waals surface area (Å²) in [5.74, 6) is -0.978. The molecule has 0 heterocycles. The van der Waals surface area contributed by atoms with Crippen molar-refractivity contribution in [3.05, 3.63) is 68.2 Å². The van der Waals surface area contributed by atoms with E-state index in [4.69, 9.17) is 12.2 Å². The number of benzene rings is 2. The van der Waals surface area contributed by atoms with Crippen LogP contribution in [0, 0.1) is 10.1 Å². The van der Waals surface area contributed by atoms with Crippen LogP contribution < -0.4 is 10.6 Å². The van der Waals surface area contributed by atoms with Gasteiger partial charge in [-0.1, -0.05) is 0 Å². The molecule has 134 valence electrons. The zero-order valence-electron chi connectivity index (χ0n) is 13.3. The number of non-ortho nitro benzene ring substituents is 1. The van der Waals surface area contributed by atoms with Crippen molar-refractivity contribution in [2.24, 2.45) is 0 Å². The highest BCUT2D eigenvalue weighted by atomic mass is 79.9. The van der Waals surface area contributed by atoms with E-state index in [1.54, 1.807) is 0 Å². The number of hydrogen-bond acceptors (Lipinski definition) is 6. The fourth-order valence-electron chi connectivity index (χ4n) is 1.92. The summed E-state index contributed by atoms with van der Waals surface area (Å²) in [5, 5.41) is 16.0. The number of nitro benzene ring substituents is 1. The molecular formula is C16H12BrN3O5S. The maximum absolute atomic E-state index is 12.2. The number of rotatable bonds is 4. The van der Waals surface area contributed by atoms with Crippen LogP contribution in [0.3, 0.4) is 0 Å². The fourth-order valence-corrected chi connectivity index (χ4v) is 2.59. The Hall–Kier alpha value is -2.85. The predicted octanol–water partition coefficient (Wildman–Crippen LogP) is 3.27. The molecule has 2 aromatic carbocycles. The first-order chi connectivity index (χ1) is 12.3. The molecule has 1 amide bonds. The quantitative estimate of drug-likeness (QED) is 0.326. The van der Waals surface area contributed by atoms with E-state index in [2.05, 4.69) is 31.3 Å². The second kappa shape index (κ2) is 8.50. The maximum atomic E-state index is 12.2. The van der Waals surface area contributed by atoms with Crippen LogP contribution in [0.2, 0.25) is 0 Å². The molecule has 0 aromatic heterocycles. The van der Waals surface area contributed by atoms with Crippen LogP contribution in [-0.2, 0) is 4.74 Å². The largest absolute Gasteiger partial charge is 0.465 e. The Morgan fingerprint density at radius 2 is 1.77 bits per heavy atom. The highest BCUT2D eigenvalue weighted by Crippen LogP contribution is 2.27. The van der Waals surface area contributed by atoms with E-state index in [9.17, 15) is 19.7 Å². The monoisotopic (exact) mass is 437 g/mol. The molecule has 0 radical (unpaired) electrons. The van der Waals surface area contributed by atoms with Gasteiger partial charge in [-0.3, -0.25) is 20.2 Å². The highest BCUT2D eigenvalue weighted by molar-refractivity contribution is 9.10. The molecule has 2 N–H and O–H groups in total. The molecule has 0 aliphatic carbocycles. The molecule has 26 heavy (non-hydrogen) atoms. The number of thiocarbonyl (C=S) groups is 1. The summed E-state index contributed by atoms with van der Waals surface area (Å²) in [6, 6.07) is 9.94. The van der Waals surface area contributed by atoms with Crippen LogP contribution in [0.15, 0.2) is 46.9 Å². The van der Waals surface area contributed by atoms with Gasteiger partial charge >= 0.3 is 5.97 Å². The van der Waals surface area contributed by atoms with Gasteiger partial charge in [-0.25, -0.2) is 4.79 Å². The minimum Gasteiger partial charge on any atom is -0.465 e. The van der Waals surface area contributed by atoms with Crippen molar-refractivity contribution in [1.82, 2.24) is 5.32 Å². The molecule has 0 aliphatic heterocycles. The Bertz CT molecular complexity index is 886. The first-order valence-electron chi connectivity index (χ1n) is 7.06. The van der Waals surface area contributed by atoms with E-state index in [0.29, 0.717) is 21.3 Å². The Morgan fingerprint density at radius 3 is 2.31 bits per heavy atom. The van der Waals surface area contributed by atoms with Crippen LogP contribution in [-0.4, -0.2) is 29.0 Å². The molecule has 0 saturated carbocycles. The summed E-state index contributed by atoms with van der Waals surface area (Å²) in [4.78, 5) is 33.7. The second-order valence-electron chi connectivity index (χ2n) is 4.90. The van der Waals surface area contributed by atoms with Gasteiger partial charge in [0.05, 0.1) is 23.3 Å². The van der Waals surface area contributed by atoms with Crippen molar-refractivity contribution in [3.63, 3.8) is 0 Å². The standard InChI is InChI=1S/C16H12BrN3O5S/c1-25-15(22)10-4-2-9(3-5-10)14(21)19-16(26)18-13-7-6-11(20(23)24)8-12(13)17/h2-8H,1H3,(H2,18,19,21,26). The number of halogens is 1. The number of hydrogen-bond donors (Lipinski definition) is 2. The van der Waals surface area contributed by atoms with E-state index in [-0.39, 0.29) is 10.8 Å². The SMILES string of the molecule is COC(=O)c1ccc(C(=O)NC(=S)Nc2ccc([N+](=O)[O-])cc2Br)cc1. The van der Waals surface area contributed by atoms with Gasteiger partial charge < -0.3 is 10.1 Å². The number of carbonyl (C=O) groups is 2. The fraction of sp³-hybridized carbons (Fsp3) is 0.0625. The first-order valence-corrected chi connectivity index (χ1v) is 8.26. The van der Waals surface area contributed by atoms with Gasteiger partial charge in [0.2, 0.25) is 0 Å². The number of nitrogens with zero attached hydrogens (tertiary/aromatic N) is 1. The average molecular weight is 438 g/mol. The van der Waals surface area contributed by atoms with Crippen LogP contribution in [0.5, 0.6) is 0 Å². The Balaban J connectivity index is 2.02. The lowest BCUT2D eigenvalue weighted by Crippen LogP contribution is -2.34. The van der Waals surface area contributed by atoms with E-state index >= 15 is 0 Å². The zero-order chi connectivity index (χ0) is 19.3. The van der Waals surface area contributed by atoms with Gasteiger partial charge in [0.15, 0.2) is 5.11 Å². The number of ether oxygens (including phenoxy) is 1. The number of nitrogens with one attached hydrogen (secondary N) is 2. The lowest BCUT2D eigenvalue weighted by Gasteiger charge is -2.11. The molecule has 10 heteroatoms. The number of amides is 1. The van der Waals surface area contributed by atoms with Crippen molar-refractivity contribution in [3.8, 4) is 0 Å². The highest BCUT2D eigenvalue weighted by Gasteiger charge is 2.13. The van der Waals surface area contributed by atoms with Crippen molar-refractivity contribution < 1.29 is 19.2 Å². The minimum atomic E-state index is -0.521. The van der Waals surface area contributed by atoms with Gasteiger partial charge in [-0.2, -0.15) is 0 Å². The lowest BCUT2D eigenvalue weighted by molar-refractivity contribution is -0.384. The lowest BCUT2D eigenvalue weighted by atomic mass is 10.1. The second-order valence-corrected chi connectivity index (χ2v) is 6.16. The maximum Gasteiger partial charge on any atom is 0.337 e. The summed E-state index contributed by atoms with van der Waals surface area (Å²) in [6.07, 6.45) is 0. The van der Waals surface area contributed by atoms with Crippen LogP contribution >= 0.6 is 28.1 Å². The Morgan fingerprint density at radius 1 is 1.15 bits per heavy atom. The number of carbonyl (C=O) groups excluding carboxylic acids is 2. The van der Waals surface area contributed by atoms with Gasteiger partial charge in [0, 0.05) is 22.2 Å². The van der Waals surface area contributed by atoms with E-state index in [1.807, 2.05) is 0 Å². The Kier molecular flexibility index (Phi) is 6.36. The Labute approximate surface area is 161 Å². The van der Waals surface area contributed by atoms with Crippen molar-refractivity contribution in [1.29, 1.82) is 0 Å². The third-order valence-corrected chi connectivity index (χ3v) is 4.07. The van der Waals surface area contributed by atoms with Crippen LogP contribution in [0.25, 0.3) is 0 Å². The zero-order valence-corrected chi connectivity index (χ0v) is 15.7. The number of esters is 1. The van der Waals surface area contributed by atoms with Gasteiger partial charge in [-0.15, -0.1) is 0 Å². The third-order valence-electron chi connectivity index (χ3n) is 3.21. The molecule has 0 fully saturated rings. The predicted molar refractivity (Wildman–Crippen MR) is 102 cm³/mol. The molecule has 0 aliphatic rings. The van der Waals surface area contributed by atoms with Crippen LogP contribution in [0.1, 0.15) is 20.7 Å². The summed E-state index contributed by atoms with van der Waals surface area (Å²) in [6.45, 7) is 0. The summed E-state index contributed by atoms with van der Waals surface area (Å²) < 4.78 is 5.01. The van der Waals surface area contributed by atoms with Crippen molar-refractivity contribution in [2.45, 2.75) is 0 Å². The molecule has 0 bridgehead atoms. The first kappa shape index (κ1) is 19.5. The van der Waals surface area contributed by atoms with Crippen LogP contribution in [0.4, 0.5) is 11.4 Å². The molecule has 0 unspecified atom stereocenters. The summed E-state index contributed by atoms with van der Waals surface area (Å²) >= 11 is 8.27. The normalized spacial score (nSPS) is 9.92. The number of nitro groups is 1. The molecule has 0 spiro atoms. The van der Waals surface area contributed by atoms with E-state index in [0.717, 1.165) is 0 Å². The topological polar surface area (TPSA) is 111 Å². The number of anilines is 1. The molecular weight excluding hydrogens is 426 g/mol. The summed E-state index contributed by atoms with van der Waals surface area (Å²) in [5.41, 5.74) is 0.995. The van der Waals surface area contributed by atoms with E-state index in [1.165, 1.54) is 49.6 Å². The third kappa shape index (κ3) is 4.83.